The molecule has 0 aromatic heterocycles. The Morgan fingerprint density at radius 2 is 1.28 bits per heavy atom. The lowest BCUT2D eigenvalue weighted by Crippen LogP contribution is -2.12. The molecule has 0 fully saturated rings. The van der Waals surface area contributed by atoms with Gasteiger partial charge in [0, 0.05) is 12.1 Å². The Morgan fingerprint density at radius 3 is 1.91 bits per heavy atom. The number of hydrogen-bond acceptors (Lipinski definition) is 5. The minimum absolute atomic E-state index is 0.0631. The van der Waals surface area contributed by atoms with Crippen LogP contribution in [0.3, 0.4) is 0 Å². The molecule has 3 aromatic rings. The van der Waals surface area contributed by atoms with E-state index in [9.17, 15) is 4.79 Å². The second-order valence-electron chi connectivity index (χ2n) is 6.91. The molecule has 0 unspecified atom stereocenters. The Morgan fingerprint density at radius 1 is 0.719 bits per heavy atom. The van der Waals surface area contributed by atoms with Crippen molar-refractivity contribution in [3.8, 4) is 28.7 Å². The van der Waals surface area contributed by atoms with E-state index in [2.05, 4.69) is 5.32 Å². The monoisotopic (exact) mass is 435 g/mol. The van der Waals surface area contributed by atoms with Crippen molar-refractivity contribution in [2.24, 2.45) is 0 Å². The van der Waals surface area contributed by atoms with Gasteiger partial charge in [-0.2, -0.15) is 0 Å². The highest BCUT2D eigenvalue weighted by atomic mass is 16.5. The highest BCUT2D eigenvalue weighted by molar-refractivity contribution is 5.90. The van der Waals surface area contributed by atoms with Crippen LogP contribution in [0.25, 0.3) is 0 Å². The van der Waals surface area contributed by atoms with Gasteiger partial charge < -0.3 is 24.3 Å². The number of nitrogens with one attached hydrogen (secondary N) is 1. The second kappa shape index (κ2) is 12.2. The van der Waals surface area contributed by atoms with E-state index >= 15 is 0 Å². The summed E-state index contributed by atoms with van der Waals surface area (Å²) in [5.41, 5.74) is 0.719. The molecule has 0 bridgehead atoms. The average Bonchev–Trinajstić information content (AvgIpc) is 2.81. The number of carbonyl (C=O) groups excluding carboxylic acids is 1. The van der Waals surface area contributed by atoms with Crippen LogP contribution in [0.2, 0.25) is 0 Å². The van der Waals surface area contributed by atoms with Crippen LogP contribution in [0.15, 0.2) is 72.8 Å². The van der Waals surface area contributed by atoms with Gasteiger partial charge in [-0.3, -0.25) is 4.79 Å². The van der Waals surface area contributed by atoms with Gasteiger partial charge in [0.25, 0.3) is 0 Å². The summed E-state index contributed by atoms with van der Waals surface area (Å²) in [5.74, 6) is 3.56. The minimum Gasteiger partial charge on any atom is -0.494 e. The van der Waals surface area contributed by atoms with Crippen molar-refractivity contribution in [1.82, 2.24) is 0 Å². The highest BCUT2D eigenvalue weighted by Crippen LogP contribution is 2.27. The molecule has 0 aliphatic rings. The van der Waals surface area contributed by atoms with Crippen LogP contribution in [-0.2, 0) is 4.79 Å². The summed E-state index contributed by atoms with van der Waals surface area (Å²) in [6.07, 6.45) is 0.965. The fourth-order valence-corrected chi connectivity index (χ4v) is 3.00. The van der Waals surface area contributed by atoms with Crippen LogP contribution < -0.4 is 24.3 Å². The lowest BCUT2D eigenvalue weighted by Gasteiger charge is -2.11. The van der Waals surface area contributed by atoms with Crippen molar-refractivity contribution in [2.45, 2.75) is 26.7 Å². The first-order chi connectivity index (χ1) is 15.7. The van der Waals surface area contributed by atoms with Crippen LogP contribution in [-0.4, -0.2) is 25.7 Å². The van der Waals surface area contributed by atoms with Gasteiger partial charge in [-0.15, -0.1) is 0 Å². The van der Waals surface area contributed by atoms with Crippen LogP contribution in [0, 0.1) is 0 Å². The molecule has 3 aromatic carbocycles. The number of anilines is 1. The van der Waals surface area contributed by atoms with Gasteiger partial charge in [0.2, 0.25) is 5.91 Å². The lowest BCUT2D eigenvalue weighted by atomic mass is 10.2. The quantitative estimate of drug-likeness (QED) is 0.350. The van der Waals surface area contributed by atoms with E-state index in [0.29, 0.717) is 49.9 Å². The topological polar surface area (TPSA) is 66.0 Å². The molecule has 0 saturated heterocycles. The van der Waals surface area contributed by atoms with Gasteiger partial charge in [0.05, 0.1) is 19.8 Å². The Hall–Kier alpha value is -3.67. The zero-order valence-electron chi connectivity index (χ0n) is 18.5. The molecule has 168 valence electrons. The summed E-state index contributed by atoms with van der Waals surface area (Å²) in [7, 11) is 0. The zero-order valence-corrected chi connectivity index (χ0v) is 18.5. The standard InChI is InChI=1S/C26H29NO5/c1-3-29-21-15-17-23(18-16-21)32-22-13-11-20(12-14-22)27-26(28)10-7-19-31-25-9-6-5-8-24(25)30-4-2/h5-6,8-9,11-18H,3-4,7,10,19H2,1-2H3,(H,27,28). The number of rotatable bonds is 12. The number of ether oxygens (including phenoxy) is 4. The van der Waals surface area contributed by atoms with Crippen molar-refractivity contribution in [2.75, 3.05) is 25.1 Å². The van der Waals surface area contributed by atoms with Gasteiger partial charge >= 0.3 is 0 Å². The van der Waals surface area contributed by atoms with Crippen LogP contribution in [0.5, 0.6) is 28.7 Å². The maximum absolute atomic E-state index is 12.2. The molecule has 3 rings (SSSR count). The van der Waals surface area contributed by atoms with E-state index in [0.717, 1.165) is 17.2 Å². The molecule has 0 spiro atoms. The van der Waals surface area contributed by atoms with Crippen molar-refractivity contribution < 1.29 is 23.7 Å². The maximum Gasteiger partial charge on any atom is 0.224 e. The summed E-state index contributed by atoms with van der Waals surface area (Å²) < 4.78 is 22.5. The normalized spacial score (nSPS) is 10.3. The van der Waals surface area contributed by atoms with Crippen LogP contribution in [0.4, 0.5) is 5.69 Å². The molecular formula is C26H29NO5. The molecule has 1 amide bonds. The molecule has 0 aliphatic heterocycles. The molecule has 0 heterocycles. The van der Waals surface area contributed by atoms with E-state index in [4.69, 9.17) is 18.9 Å². The third-order valence-electron chi connectivity index (χ3n) is 4.46. The Kier molecular flexibility index (Phi) is 8.80. The SMILES string of the molecule is CCOc1ccc(Oc2ccc(NC(=O)CCCOc3ccccc3OCC)cc2)cc1. The van der Waals surface area contributed by atoms with E-state index < -0.39 is 0 Å². The number of para-hydroxylation sites is 2. The molecule has 6 nitrogen and oxygen atoms in total. The first kappa shape index (κ1) is 23.0. The van der Waals surface area contributed by atoms with Crippen LogP contribution in [0.1, 0.15) is 26.7 Å². The third kappa shape index (κ3) is 7.23. The van der Waals surface area contributed by atoms with Crippen molar-refractivity contribution >= 4 is 11.6 Å². The van der Waals surface area contributed by atoms with Gasteiger partial charge in [-0.05, 0) is 80.9 Å². The summed E-state index contributed by atoms with van der Waals surface area (Å²) in [4.78, 5) is 12.2. The first-order valence-corrected chi connectivity index (χ1v) is 10.8. The fourth-order valence-electron chi connectivity index (χ4n) is 3.00. The summed E-state index contributed by atoms with van der Waals surface area (Å²) >= 11 is 0. The number of hydrogen-bond donors (Lipinski definition) is 1. The Bertz CT molecular complexity index is 970. The predicted octanol–water partition coefficient (Wildman–Crippen LogP) is 6.07. The first-order valence-electron chi connectivity index (χ1n) is 10.8. The summed E-state index contributed by atoms with van der Waals surface area (Å²) in [6, 6.07) is 22.3. The minimum atomic E-state index is -0.0631. The van der Waals surface area contributed by atoms with Gasteiger partial charge in [-0.1, -0.05) is 12.1 Å². The molecule has 0 saturated carbocycles. The average molecular weight is 436 g/mol. The lowest BCUT2D eigenvalue weighted by molar-refractivity contribution is -0.116. The molecule has 0 radical (unpaired) electrons. The largest absolute Gasteiger partial charge is 0.494 e. The maximum atomic E-state index is 12.2. The van der Waals surface area contributed by atoms with E-state index in [1.165, 1.54) is 0 Å². The van der Waals surface area contributed by atoms with E-state index in [-0.39, 0.29) is 5.91 Å². The molecule has 32 heavy (non-hydrogen) atoms. The molecule has 0 atom stereocenters. The summed E-state index contributed by atoms with van der Waals surface area (Å²) in [5, 5.41) is 2.89. The Balaban J connectivity index is 1.40. The zero-order chi connectivity index (χ0) is 22.6. The smallest absolute Gasteiger partial charge is 0.224 e. The van der Waals surface area contributed by atoms with Crippen molar-refractivity contribution in [1.29, 1.82) is 0 Å². The van der Waals surface area contributed by atoms with Crippen molar-refractivity contribution in [3.63, 3.8) is 0 Å². The van der Waals surface area contributed by atoms with Gasteiger partial charge in [-0.25, -0.2) is 0 Å². The van der Waals surface area contributed by atoms with Crippen LogP contribution >= 0.6 is 0 Å². The number of carbonyl (C=O) groups is 1. The predicted molar refractivity (Wildman–Crippen MR) is 125 cm³/mol. The van der Waals surface area contributed by atoms with Gasteiger partial charge in [0.1, 0.15) is 17.2 Å². The third-order valence-corrected chi connectivity index (χ3v) is 4.46. The highest BCUT2D eigenvalue weighted by Gasteiger charge is 2.06. The second-order valence-corrected chi connectivity index (χ2v) is 6.91. The molecular weight excluding hydrogens is 406 g/mol. The number of benzene rings is 3. The van der Waals surface area contributed by atoms with E-state index in [1.807, 2.05) is 86.6 Å². The fraction of sp³-hybridized carbons (Fsp3) is 0.269. The van der Waals surface area contributed by atoms with Crippen molar-refractivity contribution in [3.05, 3.63) is 72.8 Å². The van der Waals surface area contributed by atoms with Gasteiger partial charge in [0.15, 0.2) is 11.5 Å². The Labute approximate surface area is 189 Å². The molecule has 1 N–H and O–H groups in total. The summed E-state index contributed by atoms with van der Waals surface area (Å²) in [6.45, 7) is 5.52. The van der Waals surface area contributed by atoms with E-state index in [1.54, 1.807) is 0 Å². The molecule has 0 aliphatic carbocycles. The number of amides is 1. The molecule has 6 heteroatoms.